The zero-order chi connectivity index (χ0) is 15.6. The number of alkyl halides is 3. The van der Waals surface area contributed by atoms with Crippen molar-refractivity contribution >= 4 is 11.9 Å². The highest BCUT2D eigenvalue weighted by atomic mass is 19.4. The summed E-state index contributed by atoms with van der Waals surface area (Å²) in [6.45, 7) is 0.967. The number of esters is 2. The van der Waals surface area contributed by atoms with Gasteiger partial charge < -0.3 is 19.3 Å². The molecule has 6 unspecified atom stereocenters. The Bertz CT molecular complexity index is 492. The van der Waals surface area contributed by atoms with Gasteiger partial charge >= 0.3 is 18.1 Å². The van der Waals surface area contributed by atoms with Crippen molar-refractivity contribution in [3.63, 3.8) is 0 Å². The summed E-state index contributed by atoms with van der Waals surface area (Å²) in [6.07, 6.45) is -10.2. The highest BCUT2D eigenvalue weighted by Crippen LogP contribution is 2.61. The molecular weight excluding hydrogens is 297 g/mol. The van der Waals surface area contributed by atoms with Crippen molar-refractivity contribution in [2.24, 2.45) is 11.3 Å². The van der Waals surface area contributed by atoms with E-state index in [1.54, 1.807) is 0 Å². The fraction of sp³-hybridized carbons (Fsp3) is 0.833. The highest BCUT2D eigenvalue weighted by Gasteiger charge is 2.82. The van der Waals surface area contributed by atoms with E-state index in [0.29, 0.717) is 0 Å². The molecule has 3 heterocycles. The molecule has 0 saturated carbocycles. The van der Waals surface area contributed by atoms with Crippen LogP contribution in [0.2, 0.25) is 0 Å². The number of aliphatic hydroxyl groups is 1. The quantitative estimate of drug-likeness (QED) is 0.749. The number of hydrogen-bond donors (Lipinski definition) is 1. The Labute approximate surface area is 117 Å². The number of halogens is 3. The molecule has 0 aromatic heterocycles. The third-order valence-corrected chi connectivity index (χ3v) is 4.36. The number of carbonyl (C=O) groups excluding carboxylic acids is 2. The fourth-order valence-electron chi connectivity index (χ4n) is 3.14. The Morgan fingerprint density at radius 3 is 2.81 bits per heavy atom. The number of aliphatic hydroxyl groups excluding tert-OH is 1. The summed E-state index contributed by atoms with van der Waals surface area (Å²) < 4.78 is 54.6. The topological polar surface area (TPSA) is 82.1 Å². The molecule has 1 N–H and O–H groups in total. The fourth-order valence-corrected chi connectivity index (χ4v) is 3.14. The lowest BCUT2D eigenvalue weighted by Gasteiger charge is -2.30. The van der Waals surface area contributed by atoms with Crippen molar-refractivity contribution in [1.82, 2.24) is 0 Å². The lowest BCUT2D eigenvalue weighted by molar-refractivity contribution is -0.228. The first-order valence-corrected chi connectivity index (χ1v) is 6.47. The van der Waals surface area contributed by atoms with E-state index in [9.17, 15) is 22.8 Å². The Kier molecular flexibility index (Phi) is 3.00. The van der Waals surface area contributed by atoms with Gasteiger partial charge in [-0.05, 0) is 6.92 Å². The van der Waals surface area contributed by atoms with Crippen molar-refractivity contribution in [3.8, 4) is 0 Å². The molecule has 0 aromatic carbocycles. The van der Waals surface area contributed by atoms with Crippen LogP contribution < -0.4 is 0 Å². The molecule has 3 aliphatic heterocycles. The Balaban J connectivity index is 1.82. The molecule has 9 heteroatoms. The first kappa shape index (κ1) is 14.6. The predicted octanol–water partition coefficient (Wildman–Crippen LogP) is 0.172. The first-order chi connectivity index (χ1) is 9.72. The Morgan fingerprint density at radius 1 is 1.57 bits per heavy atom. The smallest absolute Gasteiger partial charge is 0.407 e. The minimum atomic E-state index is -4.77. The van der Waals surface area contributed by atoms with Gasteiger partial charge in [0, 0.05) is 6.42 Å². The van der Waals surface area contributed by atoms with Crippen LogP contribution in [0.25, 0.3) is 0 Å². The van der Waals surface area contributed by atoms with Gasteiger partial charge in [-0.2, -0.15) is 13.2 Å². The SMILES string of the molecule is CC(CO)C(=O)OC1C2CC3(C(F)(F)F)C(=O)OC1C3O2. The van der Waals surface area contributed by atoms with Crippen LogP contribution in [0.4, 0.5) is 13.2 Å². The maximum Gasteiger partial charge on any atom is 0.407 e. The molecule has 0 radical (unpaired) electrons. The number of ether oxygens (including phenoxy) is 3. The zero-order valence-corrected chi connectivity index (χ0v) is 10.9. The average molecular weight is 310 g/mol. The molecule has 3 fully saturated rings. The summed E-state index contributed by atoms with van der Waals surface area (Å²) in [7, 11) is 0. The monoisotopic (exact) mass is 310 g/mol. The summed E-state index contributed by atoms with van der Waals surface area (Å²) in [5, 5.41) is 8.87. The first-order valence-electron chi connectivity index (χ1n) is 6.47. The van der Waals surface area contributed by atoms with E-state index in [2.05, 4.69) is 0 Å². The van der Waals surface area contributed by atoms with Gasteiger partial charge in [0.15, 0.2) is 17.6 Å². The van der Waals surface area contributed by atoms with Gasteiger partial charge in [-0.15, -0.1) is 0 Å². The van der Waals surface area contributed by atoms with E-state index in [1.807, 2.05) is 0 Å². The van der Waals surface area contributed by atoms with E-state index in [0.717, 1.165) is 0 Å². The normalized spacial score (nSPS) is 42.0. The molecule has 6 atom stereocenters. The van der Waals surface area contributed by atoms with Crippen molar-refractivity contribution in [2.75, 3.05) is 6.61 Å². The number of carbonyl (C=O) groups is 2. The molecule has 21 heavy (non-hydrogen) atoms. The Hall–Kier alpha value is -1.35. The van der Waals surface area contributed by atoms with Crippen LogP contribution in [0.3, 0.4) is 0 Å². The standard InChI is InChI=1S/C12H13F3O6/c1-4(3-16)9(17)20-6-5-2-11(12(13,14)15)8(19-5)7(6)21-10(11)18/h4-8,16H,2-3H2,1H3. The van der Waals surface area contributed by atoms with Crippen LogP contribution in [0.15, 0.2) is 0 Å². The highest BCUT2D eigenvalue weighted by molar-refractivity contribution is 5.83. The van der Waals surface area contributed by atoms with Crippen molar-refractivity contribution in [3.05, 3.63) is 0 Å². The summed E-state index contributed by atoms with van der Waals surface area (Å²) >= 11 is 0. The number of rotatable bonds is 3. The van der Waals surface area contributed by atoms with Gasteiger partial charge in [-0.25, -0.2) is 0 Å². The van der Waals surface area contributed by atoms with Gasteiger partial charge in [0.1, 0.15) is 12.2 Å². The van der Waals surface area contributed by atoms with Crippen LogP contribution in [0, 0.1) is 11.3 Å². The van der Waals surface area contributed by atoms with Crippen LogP contribution in [-0.4, -0.2) is 54.2 Å². The second kappa shape index (κ2) is 4.33. The van der Waals surface area contributed by atoms with Crippen molar-refractivity contribution in [1.29, 1.82) is 0 Å². The molecule has 0 amide bonds. The van der Waals surface area contributed by atoms with Crippen LogP contribution in [0.5, 0.6) is 0 Å². The van der Waals surface area contributed by atoms with Gasteiger partial charge in [0.25, 0.3) is 0 Å². The number of hydrogen-bond acceptors (Lipinski definition) is 6. The average Bonchev–Trinajstić information content (AvgIpc) is 2.99. The van der Waals surface area contributed by atoms with E-state index in [1.165, 1.54) is 6.92 Å². The molecule has 3 rings (SSSR count). The summed E-state index contributed by atoms with van der Waals surface area (Å²) in [5.41, 5.74) is -2.65. The van der Waals surface area contributed by atoms with Crippen LogP contribution >= 0.6 is 0 Å². The molecule has 3 aliphatic rings. The van der Waals surface area contributed by atoms with Gasteiger partial charge in [0.2, 0.25) is 0 Å². The van der Waals surface area contributed by atoms with Crippen LogP contribution in [-0.2, 0) is 23.8 Å². The maximum atomic E-state index is 13.2. The van der Waals surface area contributed by atoms with E-state index < -0.39 is 66.9 Å². The molecule has 118 valence electrons. The second-order valence-corrected chi connectivity index (χ2v) is 5.62. The van der Waals surface area contributed by atoms with Crippen molar-refractivity contribution < 1.29 is 42.1 Å². The molecule has 0 aliphatic carbocycles. The van der Waals surface area contributed by atoms with Gasteiger partial charge in [-0.3, -0.25) is 9.59 Å². The second-order valence-electron chi connectivity index (χ2n) is 5.62. The molecule has 0 aromatic rings. The summed E-state index contributed by atoms with van der Waals surface area (Å²) in [6, 6.07) is 0. The van der Waals surface area contributed by atoms with E-state index in [4.69, 9.17) is 19.3 Å². The minimum Gasteiger partial charge on any atom is -0.455 e. The third kappa shape index (κ3) is 1.73. The van der Waals surface area contributed by atoms with Gasteiger partial charge in [-0.1, -0.05) is 0 Å². The predicted molar refractivity (Wildman–Crippen MR) is 57.8 cm³/mol. The zero-order valence-electron chi connectivity index (χ0n) is 10.9. The molecule has 2 bridgehead atoms. The largest absolute Gasteiger partial charge is 0.455 e. The lowest BCUT2D eigenvalue weighted by atomic mass is 9.73. The Morgan fingerprint density at radius 2 is 2.24 bits per heavy atom. The summed E-state index contributed by atoms with van der Waals surface area (Å²) in [4.78, 5) is 23.3. The summed E-state index contributed by atoms with van der Waals surface area (Å²) in [5.74, 6) is -2.95. The number of fused-ring (bicyclic) bond motifs is 1. The van der Waals surface area contributed by atoms with E-state index in [-0.39, 0.29) is 0 Å². The minimum absolute atomic E-state index is 0.447. The van der Waals surface area contributed by atoms with Gasteiger partial charge in [0.05, 0.1) is 12.5 Å². The van der Waals surface area contributed by atoms with Crippen molar-refractivity contribution in [2.45, 2.75) is 43.9 Å². The van der Waals surface area contributed by atoms with E-state index >= 15 is 0 Å². The van der Waals surface area contributed by atoms with Crippen LogP contribution in [0.1, 0.15) is 13.3 Å². The third-order valence-electron chi connectivity index (χ3n) is 4.36. The molecule has 0 spiro atoms. The molecular formula is C12H13F3O6. The molecule has 6 nitrogen and oxygen atoms in total. The molecule has 3 saturated heterocycles. The lowest BCUT2D eigenvalue weighted by Crippen LogP contribution is -2.52. The maximum absolute atomic E-state index is 13.2.